The lowest BCUT2D eigenvalue weighted by Crippen LogP contribution is -2.22. The van der Waals surface area contributed by atoms with Crippen LogP contribution in [0.25, 0.3) is 6.08 Å². The minimum atomic E-state index is -0.555. The van der Waals surface area contributed by atoms with E-state index in [4.69, 9.17) is 23.7 Å². The van der Waals surface area contributed by atoms with Crippen molar-refractivity contribution in [3.8, 4) is 23.0 Å². The standard InChI is InChI=1S/C17H24O6/c1-17(2,3)23-13(18)9-8-11-10-12(19-4)15(21-6)16(22-7)14(11)20-5/h8-10H,1-7H3. The normalized spacial score (nSPS) is 11.3. The van der Waals surface area contributed by atoms with E-state index < -0.39 is 11.6 Å². The molecule has 6 heteroatoms. The number of esters is 1. The zero-order valence-corrected chi connectivity index (χ0v) is 14.7. The number of benzene rings is 1. The molecule has 1 aromatic carbocycles. The van der Waals surface area contributed by atoms with Gasteiger partial charge in [-0.15, -0.1) is 0 Å². The number of ether oxygens (including phenoxy) is 5. The lowest BCUT2D eigenvalue weighted by atomic mass is 10.1. The van der Waals surface area contributed by atoms with Gasteiger partial charge in [-0.3, -0.25) is 0 Å². The molecule has 0 spiro atoms. The van der Waals surface area contributed by atoms with Crippen LogP contribution in [0.15, 0.2) is 12.1 Å². The summed E-state index contributed by atoms with van der Waals surface area (Å²) >= 11 is 0. The third-order valence-corrected chi connectivity index (χ3v) is 2.82. The second-order valence-electron chi connectivity index (χ2n) is 5.63. The van der Waals surface area contributed by atoms with Crippen molar-refractivity contribution in [2.75, 3.05) is 28.4 Å². The summed E-state index contributed by atoms with van der Waals surface area (Å²) in [5.41, 5.74) is 0.0497. The Morgan fingerprint density at radius 3 is 1.91 bits per heavy atom. The van der Waals surface area contributed by atoms with Gasteiger partial charge < -0.3 is 23.7 Å². The van der Waals surface area contributed by atoms with Gasteiger partial charge in [-0.05, 0) is 32.9 Å². The number of hydrogen-bond acceptors (Lipinski definition) is 6. The third kappa shape index (κ3) is 4.81. The molecule has 1 aromatic rings. The Bertz CT molecular complexity index is 584. The maximum absolute atomic E-state index is 11.8. The molecule has 0 amide bonds. The summed E-state index contributed by atoms with van der Waals surface area (Å²) in [6, 6.07) is 1.70. The zero-order valence-electron chi connectivity index (χ0n) is 14.7. The molecule has 0 fully saturated rings. The molecule has 0 bridgehead atoms. The highest BCUT2D eigenvalue weighted by Crippen LogP contribution is 2.46. The summed E-state index contributed by atoms with van der Waals surface area (Å²) < 4.78 is 26.6. The molecular formula is C17H24O6. The van der Waals surface area contributed by atoms with Crippen molar-refractivity contribution in [3.63, 3.8) is 0 Å². The van der Waals surface area contributed by atoms with Crippen LogP contribution in [0.4, 0.5) is 0 Å². The van der Waals surface area contributed by atoms with Gasteiger partial charge in [-0.25, -0.2) is 4.79 Å². The summed E-state index contributed by atoms with van der Waals surface area (Å²) in [6.07, 6.45) is 2.91. The van der Waals surface area contributed by atoms with E-state index in [1.165, 1.54) is 34.5 Å². The number of carbonyl (C=O) groups excluding carboxylic acids is 1. The average Bonchev–Trinajstić information content (AvgIpc) is 2.49. The maximum Gasteiger partial charge on any atom is 0.331 e. The van der Waals surface area contributed by atoms with Crippen molar-refractivity contribution in [1.82, 2.24) is 0 Å². The Morgan fingerprint density at radius 2 is 1.48 bits per heavy atom. The number of methoxy groups -OCH3 is 4. The minimum Gasteiger partial charge on any atom is -0.493 e. The number of carbonyl (C=O) groups is 1. The lowest BCUT2D eigenvalue weighted by Gasteiger charge is -2.18. The Kier molecular flexibility index (Phi) is 6.30. The molecule has 1 rings (SSSR count). The second-order valence-corrected chi connectivity index (χ2v) is 5.63. The average molecular weight is 324 g/mol. The zero-order chi connectivity index (χ0) is 17.6. The molecule has 0 unspecified atom stereocenters. The third-order valence-electron chi connectivity index (χ3n) is 2.82. The highest BCUT2D eigenvalue weighted by Gasteiger charge is 2.21. The predicted molar refractivity (Wildman–Crippen MR) is 87.5 cm³/mol. The smallest absolute Gasteiger partial charge is 0.331 e. The lowest BCUT2D eigenvalue weighted by molar-refractivity contribution is -0.148. The summed E-state index contributed by atoms with van der Waals surface area (Å²) in [7, 11) is 6.04. The van der Waals surface area contributed by atoms with E-state index in [1.807, 2.05) is 0 Å². The fourth-order valence-corrected chi connectivity index (χ4v) is 1.98. The molecule has 128 valence electrons. The van der Waals surface area contributed by atoms with E-state index in [2.05, 4.69) is 0 Å². The number of rotatable bonds is 6. The van der Waals surface area contributed by atoms with Gasteiger partial charge in [0.25, 0.3) is 0 Å². The first-order valence-corrected chi connectivity index (χ1v) is 7.05. The van der Waals surface area contributed by atoms with Gasteiger partial charge >= 0.3 is 5.97 Å². The fourth-order valence-electron chi connectivity index (χ4n) is 1.98. The molecule has 0 saturated carbocycles. The van der Waals surface area contributed by atoms with Crippen LogP contribution in [0.5, 0.6) is 23.0 Å². The van der Waals surface area contributed by atoms with Gasteiger partial charge in [-0.1, -0.05) is 0 Å². The van der Waals surface area contributed by atoms with Crippen LogP contribution in [-0.2, 0) is 9.53 Å². The number of hydrogen-bond donors (Lipinski definition) is 0. The first-order chi connectivity index (χ1) is 10.8. The minimum absolute atomic E-state index is 0.387. The van der Waals surface area contributed by atoms with Gasteiger partial charge in [0, 0.05) is 11.6 Å². The van der Waals surface area contributed by atoms with Crippen LogP contribution in [-0.4, -0.2) is 40.0 Å². The summed E-state index contributed by atoms with van der Waals surface area (Å²) in [5.74, 6) is 1.26. The van der Waals surface area contributed by atoms with Gasteiger partial charge in [0.2, 0.25) is 11.5 Å². The van der Waals surface area contributed by atoms with Crippen LogP contribution >= 0.6 is 0 Å². The fraction of sp³-hybridized carbons (Fsp3) is 0.471. The van der Waals surface area contributed by atoms with Gasteiger partial charge in [-0.2, -0.15) is 0 Å². The first kappa shape index (κ1) is 18.7. The largest absolute Gasteiger partial charge is 0.493 e. The van der Waals surface area contributed by atoms with Crippen molar-refractivity contribution in [1.29, 1.82) is 0 Å². The van der Waals surface area contributed by atoms with E-state index in [0.29, 0.717) is 28.6 Å². The molecule has 6 nitrogen and oxygen atoms in total. The van der Waals surface area contributed by atoms with Crippen LogP contribution in [0.3, 0.4) is 0 Å². The molecule has 23 heavy (non-hydrogen) atoms. The molecule has 0 aliphatic carbocycles. The summed E-state index contributed by atoms with van der Waals surface area (Å²) in [6.45, 7) is 5.41. The van der Waals surface area contributed by atoms with Crippen molar-refractivity contribution in [2.24, 2.45) is 0 Å². The molecule has 0 N–H and O–H groups in total. The Balaban J connectivity index is 3.28. The SMILES string of the molecule is COc1cc(C=CC(=O)OC(C)(C)C)c(OC)c(OC)c1OC. The van der Waals surface area contributed by atoms with E-state index in [0.717, 1.165) is 0 Å². The molecule has 0 radical (unpaired) electrons. The van der Waals surface area contributed by atoms with Gasteiger partial charge in [0.1, 0.15) is 5.60 Å². The van der Waals surface area contributed by atoms with E-state index >= 15 is 0 Å². The highest BCUT2D eigenvalue weighted by molar-refractivity contribution is 5.88. The molecular weight excluding hydrogens is 300 g/mol. The first-order valence-electron chi connectivity index (χ1n) is 7.05. The molecule has 0 saturated heterocycles. The predicted octanol–water partition coefficient (Wildman–Crippen LogP) is 3.08. The molecule has 0 atom stereocenters. The maximum atomic E-state index is 11.8. The van der Waals surface area contributed by atoms with Crippen molar-refractivity contribution in [3.05, 3.63) is 17.7 Å². The van der Waals surface area contributed by atoms with Crippen LogP contribution in [0.2, 0.25) is 0 Å². The van der Waals surface area contributed by atoms with Gasteiger partial charge in [0.15, 0.2) is 11.5 Å². The molecule has 0 aliphatic rings. The van der Waals surface area contributed by atoms with E-state index in [9.17, 15) is 4.79 Å². The molecule has 0 heterocycles. The molecule has 0 aromatic heterocycles. The summed E-state index contributed by atoms with van der Waals surface area (Å²) in [5, 5.41) is 0. The van der Waals surface area contributed by atoms with Crippen LogP contribution < -0.4 is 18.9 Å². The summed E-state index contributed by atoms with van der Waals surface area (Å²) in [4.78, 5) is 11.8. The van der Waals surface area contributed by atoms with Gasteiger partial charge in [0.05, 0.1) is 28.4 Å². The van der Waals surface area contributed by atoms with Crippen molar-refractivity contribution < 1.29 is 28.5 Å². The second kappa shape index (κ2) is 7.76. The van der Waals surface area contributed by atoms with Crippen LogP contribution in [0, 0.1) is 0 Å². The van der Waals surface area contributed by atoms with E-state index in [1.54, 1.807) is 32.9 Å². The van der Waals surface area contributed by atoms with Crippen molar-refractivity contribution in [2.45, 2.75) is 26.4 Å². The van der Waals surface area contributed by atoms with Crippen LogP contribution in [0.1, 0.15) is 26.3 Å². The Labute approximate surface area is 136 Å². The quantitative estimate of drug-likeness (QED) is 0.592. The monoisotopic (exact) mass is 324 g/mol. The topological polar surface area (TPSA) is 63.2 Å². The highest BCUT2D eigenvalue weighted by atomic mass is 16.6. The Morgan fingerprint density at radius 1 is 0.913 bits per heavy atom. The molecule has 0 aliphatic heterocycles. The van der Waals surface area contributed by atoms with E-state index in [-0.39, 0.29) is 0 Å². The van der Waals surface area contributed by atoms with Crippen molar-refractivity contribution >= 4 is 12.0 Å². The Hall–Kier alpha value is -2.37.